The molecule has 1 aromatic rings. The molecule has 0 radical (unpaired) electrons. The number of hydrogen-bond acceptors (Lipinski definition) is 4. The van der Waals surface area contributed by atoms with Crippen molar-refractivity contribution in [1.29, 1.82) is 5.26 Å². The quantitative estimate of drug-likeness (QED) is 0.348. The Labute approximate surface area is 135 Å². The van der Waals surface area contributed by atoms with Crippen LogP contribution in [0.2, 0.25) is 0 Å². The van der Waals surface area contributed by atoms with E-state index in [2.05, 4.69) is 5.92 Å². The number of imide groups is 1. The van der Waals surface area contributed by atoms with Crippen molar-refractivity contribution in [2.24, 2.45) is 5.73 Å². The van der Waals surface area contributed by atoms with Gasteiger partial charge in [-0.15, -0.1) is 6.42 Å². The molecule has 1 aromatic carbocycles. The summed E-state index contributed by atoms with van der Waals surface area (Å²) in [6.45, 7) is 0.148. The lowest BCUT2D eigenvalue weighted by Gasteiger charge is -2.06. The van der Waals surface area contributed by atoms with Crippen LogP contribution in [-0.2, 0) is 4.79 Å². The van der Waals surface area contributed by atoms with Gasteiger partial charge >= 0.3 is 6.03 Å². The molecule has 0 aliphatic heterocycles. The first-order valence-electron chi connectivity index (χ1n) is 5.56. The van der Waals surface area contributed by atoms with Crippen LogP contribution in [0.3, 0.4) is 0 Å². The van der Waals surface area contributed by atoms with E-state index in [1.165, 1.54) is 6.08 Å². The second kappa shape index (κ2) is 7.92. The lowest BCUT2D eigenvalue weighted by Crippen LogP contribution is -2.35. The predicted molar refractivity (Wildman–Crippen MR) is 84.8 cm³/mol. The normalized spacial score (nSPS) is 10.1. The highest BCUT2D eigenvalue weighted by molar-refractivity contribution is 14.1. The molecule has 0 heterocycles. The molecule has 6 nitrogen and oxygen atoms in total. The van der Waals surface area contributed by atoms with Crippen LogP contribution in [-0.4, -0.2) is 18.5 Å². The van der Waals surface area contributed by atoms with E-state index < -0.39 is 11.9 Å². The third kappa shape index (κ3) is 5.16. The lowest BCUT2D eigenvalue weighted by atomic mass is 10.1. The molecule has 0 fully saturated rings. The van der Waals surface area contributed by atoms with Crippen molar-refractivity contribution in [2.45, 2.75) is 0 Å². The van der Waals surface area contributed by atoms with Gasteiger partial charge in [-0.3, -0.25) is 10.1 Å². The number of urea groups is 1. The molecule has 0 aromatic heterocycles. The van der Waals surface area contributed by atoms with Gasteiger partial charge in [-0.2, -0.15) is 5.26 Å². The van der Waals surface area contributed by atoms with Crippen LogP contribution >= 0.6 is 22.6 Å². The van der Waals surface area contributed by atoms with Crippen molar-refractivity contribution in [1.82, 2.24) is 5.32 Å². The van der Waals surface area contributed by atoms with E-state index in [9.17, 15) is 9.59 Å². The van der Waals surface area contributed by atoms with Gasteiger partial charge in [0, 0.05) is 0 Å². The monoisotopic (exact) mass is 395 g/mol. The third-order valence-corrected chi connectivity index (χ3v) is 3.02. The topological polar surface area (TPSA) is 105 Å². The van der Waals surface area contributed by atoms with Gasteiger partial charge in [0.15, 0.2) is 0 Å². The van der Waals surface area contributed by atoms with Crippen molar-refractivity contribution >= 4 is 40.6 Å². The third-order valence-electron chi connectivity index (χ3n) is 2.18. The highest BCUT2D eigenvalue weighted by atomic mass is 127. The molecule has 3 N–H and O–H groups in total. The maximum Gasteiger partial charge on any atom is 0.319 e. The number of amides is 3. The number of primary amides is 1. The molecule has 0 saturated carbocycles. The highest BCUT2D eigenvalue weighted by Crippen LogP contribution is 2.23. The largest absolute Gasteiger partial charge is 0.480 e. The Morgan fingerprint density at radius 3 is 2.76 bits per heavy atom. The molecule has 0 aliphatic rings. The number of nitriles is 1. The number of rotatable bonds is 4. The molecular formula is C14H10IN3O3. The fraction of sp³-hybridized carbons (Fsp3) is 0.0714. The summed E-state index contributed by atoms with van der Waals surface area (Å²) in [6, 6.07) is 5.72. The van der Waals surface area contributed by atoms with Gasteiger partial charge in [0.25, 0.3) is 5.91 Å². The number of benzene rings is 1. The van der Waals surface area contributed by atoms with Gasteiger partial charge in [0.1, 0.15) is 24.0 Å². The highest BCUT2D eigenvalue weighted by Gasteiger charge is 2.11. The molecule has 3 amide bonds. The van der Waals surface area contributed by atoms with Crippen LogP contribution in [0.1, 0.15) is 5.56 Å². The van der Waals surface area contributed by atoms with Crippen molar-refractivity contribution in [3.63, 3.8) is 0 Å². The maximum atomic E-state index is 11.5. The smallest absolute Gasteiger partial charge is 0.319 e. The first-order chi connectivity index (χ1) is 9.97. The Morgan fingerprint density at radius 1 is 1.52 bits per heavy atom. The molecule has 0 unspecified atom stereocenters. The summed E-state index contributed by atoms with van der Waals surface area (Å²) in [6.07, 6.45) is 6.45. The fourth-order valence-corrected chi connectivity index (χ4v) is 2.03. The first-order valence-corrected chi connectivity index (χ1v) is 6.64. The van der Waals surface area contributed by atoms with E-state index in [1.807, 2.05) is 27.9 Å². The summed E-state index contributed by atoms with van der Waals surface area (Å²) in [7, 11) is 0. The molecule has 0 spiro atoms. The molecule has 1 rings (SSSR count). The molecule has 106 valence electrons. The minimum atomic E-state index is -1.02. The van der Waals surface area contributed by atoms with E-state index in [0.717, 1.165) is 3.57 Å². The van der Waals surface area contributed by atoms with Gasteiger partial charge in [-0.05, 0) is 46.4 Å². The summed E-state index contributed by atoms with van der Waals surface area (Å²) >= 11 is 2.04. The molecular weight excluding hydrogens is 385 g/mol. The summed E-state index contributed by atoms with van der Waals surface area (Å²) in [4.78, 5) is 22.1. The average Bonchev–Trinajstić information content (AvgIpc) is 2.43. The summed E-state index contributed by atoms with van der Waals surface area (Å²) in [5.74, 6) is 2.10. The summed E-state index contributed by atoms with van der Waals surface area (Å²) in [5, 5.41) is 10.8. The maximum absolute atomic E-state index is 11.5. The Kier molecular flexibility index (Phi) is 6.24. The number of halogens is 1. The van der Waals surface area contributed by atoms with Crippen molar-refractivity contribution in [3.8, 4) is 24.2 Å². The number of carbonyl (C=O) groups is 2. The van der Waals surface area contributed by atoms with Gasteiger partial charge in [-0.25, -0.2) is 4.79 Å². The van der Waals surface area contributed by atoms with Gasteiger partial charge in [0.05, 0.1) is 3.57 Å². The van der Waals surface area contributed by atoms with Crippen LogP contribution in [0.4, 0.5) is 4.79 Å². The van der Waals surface area contributed by atoms with Crippen LogP contribution in [0, 0.1) is 27.2 Å². The Hall–Kier alpha value is -2.52. The van der Waals surface area contributed by atoms with E-state index in [-0.39, 0.29) is 12.2 Å². The minimum Gasteiger partial charge on any atom is -0.480 e. The standard InChI is InChI=1S/C14H10IN3O3/c1-2-5-21-12-4-3-9(7-11(12)15)6-10(8-16)13(19)18-14(17)20/h1,3-4,6-7H,5H2,(H3,17,18,19,20)/b10-6-. The molecule has 0 saturated heterocycles. The Balaban J connectivity index is 3.00. The van der Waals surface area contributed by atoms with E-state index in [4.69, 9.17) is 22.2 Å². The van der Waals surface area contributed by atoms with Crippen LogP contribution in [0.15, 0.2) is 23.8 Å². The summed E-state index contributed by atoms with van der Waals surface area (Å²) < 4.78 is 6.07. The molecule has 0 aliphatic carbocycles. The number of nitrogens with one attached hydrogen (secondary N) is 1. The number of terminal acetylenes is 1. The van der Waals surface area contributed by atoms with Crippen LogP contribution in [0.5, 0.6) is 5.75 Å². The summed E-state index contributed by atoms with van der Waals surface area (Å²) in [5.41, 5.74) is 5.19. The average molecular weight is 395 g/mol. The number of hydrogen-bond donors (Lipinski definition) is 2. The fourth-order valence-electron chi connectivity index (χ4n) is 1.34. The number of carbonyl (C=O) groups excluding carboxylic acids is 2. The zero-order valence-electron chi connectivity index (χ0n) is 10.7. The predicted octanol–water partition coefficient (Wildman–Crippen LogP) is 1.41. The second-order valence-electron chi connectivity index (χ2n) is 3.67. The molecule has 0 atom stereocenters. The zero-order chi connectivity index (χ0) is 15.8. The minimum absolute atomic E-state index is 0.148. The van der Waals surface area contributed by atoms with Crippen molar-refractivity contribution in [2.75, 3.05) is 6.61 Å². The van der Waals surface area contributed by atoms with Gasteiger partial charge < -0.3 is 10.5 Å². The SMILES string of the molecule is C#CCOc1ccc(/C=C(/C#N)C(=O)NC(N)=O)cc1I. The molecule has 21 heavy (non-hydrogen) atoms. The van der Waals surface area contributed by atoms with Gasteiger partial charge in [-0.1, -0.05) is 12.0 Å². The number of ether oxygens (including phenoxy) is 1. The van der Waals surface area contributed by atoms with E-state index in [1.54, 1.807) is 24.3 Å². The van der Waals surface area contributed by atoms with Crippen LogP contribution < -0.4 is 15.8 Å². The zero-order valence-corrected chi connectivity index (χ0v) is 12.9. The number of nitrogens with two attached hydrogens (primary N) is 1. The van der Waals surface area contributed by atoms with Crippen molar-refractivity contribution in [3.05, 3.63) is 32.9 Å². The van der Waals surface area contributed by atoms with Crippen molar-refractivity contribution < 1.29 is 14.3 Å². The Morgan fingerprint density at radius 2 is 2.24 bits per heavy atom. The second-order valence-corrected chi connectivity index (χ2v) is 4.83. The molecule has 0 bridgehead atoms. The molecule has 7 heteroatoms. The first kappa shape index (κ1) is 16.5. The van der Waals surface area contributed by atoms with E-state index in [0.29, 0.717) is 11.3 Å². The number of nitrogens with zero attached hydrogens (tertiary/aromatic N) is 1. The lowest BCUT2D eigenvalue weighted by molar-refractivity contribution is -0.115. The Bertz CT molecular complexity index is 684. The van der Waals surface area contributed by atoms with E-state index >= 15 is 0 Å². The van der Waals surface area contributed by atoms with Gasteiger partial charge in [0.2, 0.25) is 0 Å². The van der Waals surface area contributed by atoms with Crippen LogP contribution in [0.25, 0.3) is 6.08 Å².